The molecule has 1 N–H and O–H groups in total. The fourth-order valence-corrected chi connectivity index (χ4v) is 8.94. The zero-order valence-electron chi connectivity index (χ0n) is 16.1. The molecule has 0 aromatic carbocycles. The molecule has 6 bridgehead atoms. The summed E-state index contributed by atoms with van der Waals surface area (Å²) in [4.78, 5) is 17.1. The maximum absolute atomic E-state index is 11.6. The lowest BCUT2D eigenvalue weighted by molar-refractivity contribution is -0.146. The number of hydrogen-bond acceptors (Lipinski definition) is 2. The van der Waals surface area contributed by atoms with Gasteiger partial charge in [-0.05, 0) is 79.4 Å². The third-order valence-electron chi connectivity index (χ3n) is 9.75. The Kier molecular flexibility index (Phi) is 3.20. The smallest absolute Gasteiger partial charge is 0.303 e. The lowest BCUT2D eigenvalue weighted by Crippen LogP contribution is -2.71. The Hall–Kier alpha value is -0.860. The predicted octanol–water partition coefficient (Wildman–Crippen LogP) is 4.94. The van der Waals surface area contributed by atoms with Crippen LogP contribution in [0.15, 0.2) is 4.99 Å². The molecule has 0 radical (unpaired) electrons. The number of hydrogen-bond donors (Lipinski definition) is 1. The van der Waals surface area contributed by atoms with Crippen molar-refractivity contribution in [2.45, 2.75) is 84.6 Å². The lowest BCUT2D eigenvalue weighted by atomic mass is 9.35. The highest BCUT2D eigenvalue weighted by molar-refractivity contribution is 5.97. The first-order valence-corrected chi connectivity index (χ1v) is 10.7. The summed E-state index contributed by atoms with van der Waals surface area (Å²) in [5.41, 5.74) is 2.31. The van der Waals surface area contributed by atoms with Crippen LogP contribution in [0.4, 0.5) is 0 Å². The highest BCUT2D eigenvalue weighted by atomic mass is 16.4. The van der Waals surface area contributed by atoms with Gasteiger partial charge in [-0.3, -0.25) is 9.79 Å². The Balaban J connectivity index is 1.73. The lowest BCUT2D eigenvalue weighted by Gasteiger charge is -2.71. The van der Waals surface area contributed by atoms with E-state index in [4.69, 9.17) is 4.99 Å². The van der Waals surface area contributed by atoms with Crippen molar-refractivity contribution in [3.8, 4) is 0 Å². The third-order valence-corrected chi connectivity index (χ3v) is 9.75. The number of aliphatic carboxylic acids is 1. The summed E-state index contributed by atoms with van der Waals surface area (Å²) in [5.74, 6) is 2.01. The van der Waals surface area contributed by atoms with Gasteiger partial charge >= 0.3 is 5.97 Å². The molecule has 2 aliphatic heterocycles. The number of carbonyl (C=O) groups is 1. The van der Waals surface area contributed by atoms with Crippen LogP contribution in [-0.2, 0) is 4.79 Å². The Morgan fingerprint density at radius 1 is 1.24 bits per heavy atom. The normalized spacial score (nSPS) is 52.4. The Morgan fingerprint density at radius 2 is 2.04 bits per heavy atom. The standard InChI is InChI=1S/C22H33NO2/c1-13(2)14-6-10-20(3)15-7-11-21-9-4-5-16(21)22(20,12-8-17(24)25)18(14)23-19(15)21/h13-16,19H,4-12H2,1-3H3,(H,24,25)/t14-,15-,16?,19?,20+,21-,22+/m1/s1. The van der Waals surface area contributed by atoms with Crippen LogP contribution in [-0.4, -0.2) is 22.8 Å². The fraction of sp³-hybridized carbons (Fsp3) is 0.909. The van der Waals surface area contributed by atoms with Gasteiger partial charge in [0.15, 0.2) is 0 Å². The quantitative estimate of drug-likeness (QED) is 0.785. The van der Waals surface area contributed by atoms with Crippen LogP contribution in [0.2, 0.25) is 0 Å². The van der Waals surface area contributed by atoms with Crippen LogP contribution < -0.4 is 0 Å². The van der Waals surface area contributed by atoms with Crippen LogP contribution >= 0.6 is 0 Å². The molecule has 4 saturated carbocycles. The molecule has 6 aliphatic rings. The van der Waals surface area contributed by atoms with E-state index < -0.39 is 5.97 Å². The molecule has 3 heteroatoms. The van der Waals surface area contributed by atoms with Gasteiger partial charge in [0.05, 0.1) is 6.04 Å². The van der Waals surface area contributed by atoms with E-state index in [0.29, 0.717) is 47.0 Å². The van der Waals surface area contributed by atoms with Gasteiger partial charge in [0, 0.05) is 17.5 Å². The van der Waals surface area contributed by atoms with Crippen LogP contribution in [0, 0.1) is 39.9 Å². The molecule has 0 saturated heterocycles. The van der Waals surface area contributed by atoms with E-state index in [1.165, 1.54) is 50.7 Å². The number of carboxylic acid groups (broad SMARTS) is 1. The van der Waals surface area contributed by atoms with Crippen LogP contribution in [0.5, 0.6) is 0 Å². The van der Waals surface area contributed by atoms with Gasteiger partial charge in [-0.25, -0.2) is 0 Å². The largest absolute Gasteiger partial charge is 0.481 e. The minimum Gasteiger partial charge on any atom is -0.481 e. The van der Waals surface area contributed by atoms with Crippen molar-refractivity contribution in [1.82, 2.24) is 0 Å². The Labute approximate surface area is 151 Å². The number of nitrogens with zero attached hydrogens (tertiary/aromatic N) is 1. The summed E-state index contributed by atoms with van der Waals surface area (Å²) in [5, 5.41) is 9.54. The molecule has 6 rings (SSSR count). The summed E-state index contributed by atoms with van der Waals surface area (Å²) in [7, 11) is 0. The van der Waals surface area contributed by atoms with Crippen LogP contribution in [0.3, 0.4) is 0 Å². The predicted molar refractivity (Wildman–Crippen MR) is 98.7 cm³/mol. The van der Waals surface area contributed by atoms with Gasteiger partial charge < -0.3 is 5.11 Å². The SMILES string of the molecule is CC(C)[C@H]1CC[C@@]2(C)[C@@H]3CC[C@]45CCCC4[C@@]2(CCC(=O)O)C1=NC35. The first-order chi connectivity index (χ1) is 11.9. The van der Waals surface area contributed by atoms with E-state index in [2.05, 4.69) is 20.8 Å². The first-order valence-electron chi connectivity index (χ1n) is 10.7. The topological polar surface area (TPSA) is 49.7 Å². The van der Waals surface area contributed by atoms with Crippen molar-refractivity contribution in [2.24, 2.45) is 44.9 Å². The van der Waals surface area contributed by atoms with E-state index in [1.54, 1.807) is 0 Å². The summed E-state index contributed by atoms with van der Waals surface area (Å²) in [6.45, 7) is 7.25. The van der Waals surface area contributed by atoms with Crippen molar-refractivity contribution in [3.05, 3.63) is 0 Å². The molecule has 2 heterocycles. The molecule has 0 amide bonds. The van der Waals surface area contributed by atoms with Crippen molar-refractivity contribution < 1.29 is 9.90 Å². The molecule has 4 fully saturated rings. The van der Waals surface area contributed by atoms with E-state index in [-0.39, 0.29) is 5.41 Å². The molecule has 25 heavy (non-hydrogen) atoms. The molecule has 7 atom stereocenters. The zero-order chi connectivity index (χ0) is 17.6. The molecule has 2 unspecified atom stereocenters. The zero-order valence-corrected chi connectivity index (χ0v) is 16.1. The van der Waals surface area contributed by atoms with E-state index in [0.717, 1.165) is 6.42 Å². The highest BCUT2D eigenvalue weighted by Crippen LogP contribution is 2.80. The molecule has 3 nitrogen and oxygen atoms in total. The average molecular weight is 344 g/mol. The van der Waals surface area contributed by atoms with Gasteiger partial charge in [-0.2, -0.15) is 0 Å². The van der Waals surface area contributed by atoms with Gasteiger partial charge in [0.1, 0.15) is 0 Å². The summed E-state index contributed by atoms with van der Waals surface area (Å²) < 4.78 is 0. The summed E-state index contributed by atoms with van der Waals surface area (Å²) in [6, 6.07) is 0.563. The van der Waals surface area contributed by atoms with Gasteiger partial charge in [0.25, 0.3) is 0 Å². The average Bonchev–Trinajstić information content (AvgIpc) is 3.12. The van der Waals surface area contributed by atoms with E-state index in [1.807, 2.05) is 0 Å². The maximum atomic E-state index is 11.6. The molecule has 4 aliphatic carbocycles. The monoisotopic (exact) mass is 343 g/mol. The third kappa shape index (κ3) is 1.65. The Bertz CT molecular complexity index is 654. The Morgan fingerprint density at radius 3 is 2.76 bits per heavy atom. The number of carboxylic acids is 1. The molecule has 1 spiro atoms. The summed E-state index contributed by atoms with van der Waals surface area (Å²) >= 11 is 0. The van der Waals surface area contributed by atoms with Crippen molar-refractivity contribution in [1.29, 1.82) is 0 Å². The minimum absolute atomic E-state index is 0.0883. The second-order valence-corrected chi connectivity index (χ2v) is 10.5. The fourth-order valence-electron chi connectivity index (χ4n) is 8.94. The number of aliphatic imine (C=N–C) groups is 1. The van der Waals surface area contributed by atoms with Crippen molar-refractivity contribution >= 4 is 11.7 Å². The van der Waals surface area contributed by atoms with E-state index in [9.17, 15) is 9.90 Å². The minimum atomic E-state index is -0.621. The molecule has 0 aromatic rings. The second kappa shape index (κ2) is 4.89. The van der Waals surface area contributed by atoms with Gasteiger partial charge in [-0.1, -0.05) is 27.2 Å². The van der Waals surface area contributed by atoms with Crippen molar-refractivity contribution in [3.63, 3.8) is 0 Å². The molecular weight excluding hydrogens is 310 g/mol. The van der Waals surface area contributed by atoms with E-state index >= 15 is 0 Å². The number of rotatable bonds is 4. The van der Waals surface area contributed by atoms with Gasteiger partial charge in [0.2, 0.25) is 0 Å². The molecule has 0 aromatic heterocycles. The molecule has 138 valence electrons. The molecular formula is C22H33NO2. The van der Waals surface area contributed by atoms with Crippen molar-refractivity contribution in [2.75, 3.05) is 0 Å². The van der Waals surface area contributed by atoms with Crippen LogP contribution in [0.1, 0.15) is 78.6 Å². The highest BCUT2D eigenvalue weighted by Gasteiger charge is 2.78. The second-order valence-electron chi connectivity index (χ2n) is 10.5. The van der Waals surface area contributed by atoms with Crippen LogP contribution in [0.25, 0.3) is 0 Å². The maximum Gasteiger partial charge on any atom is 0.303 e. The van der Waals surface area contributed by atoms with Gasteiger partial charge in [-0.15, -0.1) is 0 Å². The first kappa shape index (κ1) is 16.3. The summed E-state index contributed by atoms with van der Waals surface area (Å²) in [6.07, 6.45) is 10.5.